The van der Waals surface area contributed by atoms with Crippen molar-refractivity contribution in [3.8, 4) is 0 Å². The summed E-state index contributed by atoms with van der Waals surface area (Å²) in [5.41, 5.74) is 0. The Morgan fingerprint density at radius 2 is 2.44 bits per heavy atom. The minimum absolute atomic E-state index is 0. The quantitative estimate of drug-likeness (QED) is 0.641. The third-order valence-electron chi connectivity index (χ3n) is 2.46. The molecule has 1 aromatic rings. The van der Waals surface area contributed by atoms with Crippen LogP contribution in [0.2, 0.25) is 0 Å². The van der Waals surface area contributed by atoms with Gasteiger partial charge in [-0.25, -0.2) is 9.97 Å². The van der Waals surface area contributed by atoms with Gasteiger partial charge in [0.05, 0.1) is 0 Å². The Bertz CT molecular complexity index is 317. The highest BCUT2D eigenvalue weighted by atomic mass is 35.5. The van der Waals surface area contributed by atoms with Crippen LogP contribution >= 0.6 is 24.2 Å². The van der Waals surface area contributed by atoms with Gasteiger partial charge in [-0.15, -0.1) is 12.4 Å². The van der Waals surface area contributed by atoms with Crippen molar-refractivity contribution in [2.24, 2.45) is 0 Å². The molecule has 1 aromatic heterocycles. The van der Waals surface area contributed by atoms with Gasteiger partial charge in [0.25, 0.3) is 0 Å². The third kappa shape index (κ3) is 3.81. The smallest absolute Gasteiger partial charge is 0.189 e. The molecule has 16 heavy (non-hydrogen) atoms. The van der Waals surface area contributed by atoms with E-state index in [-0.39, 0.29) is 12.4 Å². The van der Waals surface area contributed by atoms with E-state index in [1.807, 2.05) is 12.3 Å². The molecule has 0 amide bonds. The van der Waals surface area contributed by atoms with Crippen LogP contribution in [-0.2, 0) is 0 Å². The summed E-state index contributed by atoms with van der Waals surface area (Å²) in [6.07, 6.45) is 6.24. The number of hydrogen-bond donors (Lipinski definition) is 2. The molecule has 0 aliphatic carbocycles. The lowest BCUT2D eigenvalue weighted by Crippen LogP contribution is -2.38. The molecule has 0 bridgehead atoms. The van der Waals surface area contributed by atoms with Crippen molar-refractivity contribution in [2.45, 2.75) is 24.0 Å². The topological polar surface area (TPSA) is 49.8 Å². The minimum Gasteiger partial charge on any atom is -0.366 e. The fourth-order valence-electron chi connectivity index (χ4n) is 1.70. The summed E-state index contributed by atoms with van der Waals surface area (Å²) < 4.78 is 0. The fraction of sp³-hybridized carbons (Fsp3) is 0.600. The second-order valence-electron chi connectivity index (χ2n) is 3.62. The van der Waals surface area contributed by atoms with Crippen molar-refractivity contribution in [2.75, 3.05) is 24.7 Å². The van der Waals surface area contributed by atoms with Gasteiger partial charge in [0.1, 0.15) is 5.82 Å². The Morgan fingerprint density at radius 1 is 1.56 bits per heavy atom. The molecule has 2 heterocycles. The van der Waals surface area contributed by atoms with Gasteiger partial charge in [0.15, 0.2) is 5.16 Å². The lowest BCUT2D eigenvalue weighted by Gasteiger charge is -2.24. The molecule has 6 heteroatoms. The molecule has 1 aliphatic heterocycles. The Kier molecular flexibility index (Phi) is 5.87. The van der Waals surface area contributed by atoms with Crippen molar-refractivity contribution in [3.63, 3.8) is 0 Å². The number of thioether (sulfide) groups is 1. The lowest BCUT2D eigenvalue weighted by atomic mass is 10.1. The predicted molar refractivity (Wildman–Crippen MR) is 70.6 cm³/mol. The second kappa shape index (κ2) is 6.93. The molecule has 1 aliphatic rings. The number of anilines is 1. The van der Waals surface area contributed by atoms with E-state index in [1.165, 1.54) is 12.8 Å². The monoisotopic (exact) mass is 260 g/mol. The number of hydrogen-bond acceptors (Lipinski definition) is 5. The van der Waals surface area contributed by atoms with Crippen molar-refractivity contribution < 1.29 is 0 Å². The molecule has 0 spiro atoms. The van der Waals surface area contributed by atoms with Crippen molar-refractivity contribution >= 4 is 30.0 Å². The molecule has 1 atom stereocenters. The largest absolute Gasteiger partial charge is 0.366 e. The van der Waals surface area contributed by atoms with Crippen LogP contribution in [0.4, 0.5) is 5.82 Å². The highest BCUT2D eigenvalue weighted by molar-refractivity contribution is 7.98. The van der Waals surface area contributed by atoms with E-state index in [2.05, 4.69) is 20.6 Å². The Morgan fingerprint density at radius 3 is 3.12 bits per heavy atom. The summed E-state index contributed by atoms with van der Waals surface area (Å²) >= 11 is 1.57. The van der Waals surface area contributed by atoms with E-state index in [9.17, 15) is 0 Å². The number of nitrogens with zero attached hydrogens (tertiary/aromatic N) is 2. The van der Waals surface area contributed by atoms with Crippen LogP contribution in [0.5, 0.6) is 0 Å². The maximum atomic E-state index is 4.40. The minimum atomic E-state index is 0. The molecular formula is C10H17ClN4S. The summed E-state index contributed by atoms with van der Waals surface area (Å²) in [6.45, 7) is 2.16. The maximum absolute atomic E-state index is 4.40. The van der Waals surface area contributed by atoms with Crippen molar-refractivity contribution in [1.82, 2.24) is 15.3 Å². The zero-order valence-electron chi connectivity index (χ0n) is 9.27. The van der Waals surface area contributed by atoms with E-state index in [1.54, 1.807) is 18.0 Å². The molecule has 4 nitrogen and oxygen atoms in total. The van der Waals surface area contributed by atoms with E-state index in [0.29, 0.717) is 6.04 Å². The first-order chi connectivity index (χ1) is 7.38. The summed E-state index contributed by atoms with van der Waals surface area (Å²) in [5.74, 6) is 0.933. The first-order valence-corrected chi connectivity index (χ1v) is 6.45. The van der Waals surface area contributed by atoms with E-state index in [4.69, 9.17) is 0 Å². The zero-order valence-corrected chi connectivity index (χ0v) is 10.9. The summed E-state index contributed by atoms with van der Waals surface area (Å²) in [7, 11) is 0. The first-order valence-electron chi connectivity index (χ1n) is 5.23. The Hall–Kier alpha value is -0.520. The van der Waals surface area contributed by atoms with Gasteiger partial charge < -0.3 is 10.6 Å². The standard InChI is InChI=1S/C10H16N4S.ClH/c1-15-10-12-6-4-9(14-10)13-8-3-2-5-11-7-8;/h4,6,8,11H,2-3,5,7H2,1H3,(H,12,13,14);1H. The predicted octanol–water partition coefficient (Wildman–Crippen LogP) is 1.78. The van der Waals surface area contributed by atoms with Crippen LogP contribution < -0.4 is 10.6 Å². The van der Waals surface area contributed by atoms with Gasteiger partial charge in [-0.3, -0.25) is 0 Å². The lowest BCUT2D eigenvalue weighted by molar-refractivity contribution is 0.478. The average molecular weight is 261 g/mol. The molecule has 0 saturated carbocycles. The maximum Gasteiger partial charge on any atom is 0.189 e. The molecule has 1 saturated heterocycles. The van der Waals surface area contributed by atoms with Crippen LogP contribution in [-0.4, -0.2) is 35.4 Å². The molecule has 0 aromatic carbocycles. The van der Waals surface area contributed by atoms with Gasteiger partial charge in [0.2, 0.25) is 0 Å². The number of piperidine rings is 1. The average Bonchev–Trinajstić information content (AvgIpc) is 2.31. The molecular weight excluding hydrogens is 244 g/mol. The summed E-state index contributed by atoms with van der Waals surface area (Å²) in [4.78, 5) is 8.55. The van der Waals surface area contributed by atoms with Crippen molar-refractivity contribution in [1.29, 1.82) is 0 Å². The summed E-state index contributed by atoms with van der Waals surface area (Å²) in [5, 5.41) is 7.62. The highest BCUT2D eigenvalue weighted by Crippen LogP contribution is 2.13. The van der Waals surface area contributed by atoms with Crippen molar-refractivity contribution in [3.05, 3.63) is 12.3 Å². The van der Waals surface area contributed by atoms with Crippen LogP contribution in [0.25, 0.3) is 0 Å². The molecule has 1 unspecified atom stereocenters. The van der Waals surface area contributed by atoms with E-state index >= 15 is 0 Å². The first kappa shape index (κ1) is 13.5. The second-order valence-corrected chi connectivity index (χ2v) is 4.39. The molecule has 1 fully saturated rings. The van der Waals surface area contributed by atoms with Gasteiger partial charge >= 0.3 is 0 Å². The number of halogens is 1. The third-order valence-corrected chi connectivity index (χ3v) is 3.03. The number of nitrogens with one attached hydrogen (secondary N) is 2. The molecule has 90 valence electrons. The van der Waals surface area contributed by atoms with Crippen LogP contribution in [0.1, 0.15) is 12.8 Å². The number of aromatic nitrogens is 2. The van der Waals surface area contributed by atoms with E-state index in [0.717, 1.165) is 24.1 Å². The van der Waals surface area contributed by atoms with Crippen LogP contribution in [0.3, 0.4) is 0 Å². The van der Waals surface area contributed by atoms with Crippen LogP contribution in [0.15, 0.2) is 17.4 Å². The Labute approximate surface area is 106 Å². The zero-order chi connectivity index (χ0) is 10.5. The van der Waals surface area contributed by atoms with Gasteiger partial charge in [-0.05, 0) is 31.7 Å². The van der Waals surface area contributed by atoms with Gasteiger partial charge in [0, 0.05) is 18.8 Å². The molecule has 2 N–H and O–H groups in total. The van der Waals surface area contributed by atoms with E-state index < -0.39 is 0 Å². The Balaban J connectivity index is 0.00000128. The van der Waals surface area contributed by atoms with Crippen LogP contribution in [0, 0.1) is 0 Å². The number of rotatable bonds is 3. The van der Waals surface area contributed by atoms with Gasteiger partial charge in [-0.2, -0.15) is 0 Å². The van der Waals surface area contributed by atoms with Gasteiger partial charge in [-0.1, -0.05) is 11.8 Å². The normalized spacial score (nSPS) is 19.9. The molecule has 2 rings (SSSR count). The SMILES string of the molecule is CSc1nccc(NC2CCCNC2)n1.Cl. The molecule has 0 radical (unpaired) electrons. The highest BCUT2D eigenvalue weighted by Gasteiger charge is 2.12. The summed E-state index contributed by atoms with van der Waals surface area (Å²) in [6, 6.07) is 2.43. The fourth-order valence-corrected chi connectivity index (χ4v) is 2.06.